The molecule has 4 nitrogen and oxygen atoms in total. The van der Waals surface area contributed by atoms with Gasteiger partial charge in [-0.25, -0.2) is 0 Å². The van der Waals surface area contributed by atoms with E-state index in [2.05, 4.69) is 62.6 Å². The fourth-order valence-electron chi connectivity index (χ4n) is 2.97. The predicted molar refractivity (Wildman–Crippen MR) is 139 cm³/mol. The molecular formula is C28H44Br2N2O2Zr. The summed E-state index contributed by atoms with van der Waals surface area (Å²) < 4.78 is 9.89. The van der Waals surface area contributed by atoms with Crippen molar-refractivity contribution in [2.24, 2.45) is 0 Å². The second-order valence-corrected chi connectivity index (χ2v) is 7.98. The van der Waals surface area contributed by atoms with Crippen molar-refractivity contribution in [1.82, 2.24) is 0 Å². The van der Waals surface area contributed by atoms with E-state index in [1.807, 2.05) is 24.3 Å². The van der Waals surface area contributed by atoms with Crippen LogP contribution in [0.25, 0.3) is 10.6 Å². The standard InChI is InChI=1S/2C10H14N.2C4H8O.2BrH.Zr/c2*1-3-8-11-10-7-5-4-6-9(10)2;2*1-2-4-5-3-1;;;/h2*4-7H,3,8H2,1-2H3;2*1-4H2;2*1H;/q2*-1;;;;;+4/p-2. The zero-order valence-electron chi connectivity index (χ0n) is 22.1. The molecule has 2 aromatic carbocycles. The summed E-state index contributed by atoms with van der Waals surface area (Å²) >= 11 is 0. The van der Waals surface area contributed by atoms with E-state index in [0.29, 0.717) is 0 Å². The Morgan fingerprint density at radius 2 is 0.914 bits per heavy atom. The van der Waals surface area contributed by atoms with Crippen molar-refractivity contribution in [2.75, 3.05) is 39.5 Å². The minimum Gasteiger partial charge on any atom is -1.00 e. The Morgan fingerprint density at radius 3 is 1.14 bits per heavy atom. The van der Waals surface area contributed by atoms with Gasteiger partial charge in [-0.05, 0) is 39.5 Å². The van der Waals surface area contributed by atoms with Crippen LogP contribution < -0.4 is 34.0 Å². The molecule has 4 rings (SSSR count). The van der Waals surface area contributed by atoms with Crippen LogP contribution in [0.4, 0.5) is 11.4 Å². The predicted octanol–water partition coefficient (Wildman–Crippen LogP) is 2.42. The zero-order chi connectivity index (χ0) is 23.3. The van der Waals surface area contributed by atoms with E-state index in [-0.39, 0.29) is 60.2 Å². The smallest absolute Gasteiger partial charge is 1.00 e. The molecule has 0 radical (unpaired) electrons. The number of aryl methyl sites for hydroxylation is 2. The molecule has 0 amide bonds. The van der Waals surface area contributed by atoms with Crippen LogP contribution in [0, 0.1) is 13.8 Å². The van der Waals surface area contributed by atoms with E-state index < -0.39 is 0 Å². The van der Waals surface area contributed by atoms with Crippen LogP contribution in [0.3, 0.4) is 0 Å². The van der Waals surface area contributed by atoms with Gasteiger partial charge in [-0.2, -0.15) is 0 Å². The summed E-state index contributed by atoms with van der Waals surface area (Å²) in [6, 6.07) is 16.4. The molecule has 0 spiro atoms. The van der Waals surface area contributed by atoms with Crippen LogP contribution in [0.1, 0.15) is 63.5 Å². The summed E-state index contributed by atoms with van der Waals surface area (Å²) in [5.41, 5.74) is 4.80. The van der Waals surface area contributed by atoms with Crippen LogP contribution in [0.5, 0.6) is 0 Å². The van der Waals surface area contributed by atoms with E-state index in [1.165, 1.54) is 36.8 Å². The van der Waals surface area contributed by atoms with Gasteiger partial charge in [0.15, 0.2) is 0 Å². The molecule has 0 bridgehead atoms. The van der Waals surface area contributed by atoms with Gasteiger partial charge in [0.25, 0.3) is 0 Å². The normalized spacial score (nSPS) is 12.9. The fraction of sp³-hybridized carbons (Fsp3) is 0.571. The molecule has 0 aromatic heterocycles. The molecule has 0 N–H and O–H groups in total. The summed E-state index contributed by atoms with van der Waals surface area (Å²) in [5.74, 6) is 0. The van der Waals surface area contributed by atoms with Gasteiger partial charge >= 0.3 is 26.2 Å². The minimum absolute atomic E-state index is 0. The quantitative estimate of drug-likeness (QED) is 0.468. The molecule has 2 fully saturated rings. The average molecular weight is 692 g/mol. The largest absolute Gasteiger partial charge is 4.00 e. The van der Waals surface area contributed by atoms with Crippen molar-refractivity contribution in [2.45, 2.75) is 66.2 Å². The van der Waals surface area contributed by atoms with Crippen molar-refractivity contribution < 1.29 is 69.6 Å². The Kier molecular flexibility index (Phi) is 31.9. The van der Waals surface area contributed by atoms with Gasteiger partial charge in [0, 0.05) is 26.4 Å². The topological polar surface area (TPSA) is 46.7 Å². The second-order valence-electron chi connectivity index (χ2n) is 7.98. The van der Waals surface area contributed by atoms with Crippen molar-refractivity contribution in [3.05, 3.63) is 70.3 Å². The Morgan fingerprint density at radius 1 is 0.600 bits per heavy atom. The molecule has 0 saturated carbocycles. The van der Waals surface area contributed by atoms with Gasteiger partial charge in [0.2, 0.25) is 0 Å². The molecule has 7 heteroatoms. The average Bonchev–Trinajstić information content (AvgIpc) is 3.58. The van der Waals surface area contributed by atoms with Crippen molar-refractivity contribution in [3.63, 3.8) is 0 Å². The zero-order valence-corrected chi connectivity index (χ0v) is 27.7. The first kappa shape index (κ1) is 39.3. The van der Waals surface area contributed by atoms with Crippen molar-refractivity contribution in [1.29, 1.82) is 0 Å². The molecular weight excluding hydrogens is 647 g/mol. The van der Waals surface area contributed by atoms with Gasteiger partial charge in [0.1, 0.15) is 0 Å². The molecule has 0 aliphatic carbocycles. The van der Waals surface area contributed by atoms with Gasteiger partial charge < -0.3 is 54.1 Å². The number of hydrogen-bond acceptors (Lipinski definition) is 2. The van der Waals surface area contributed by atoms with Crippen LogP contribution in [-0.4, -0.2) is 39.5 Å². The third-order valence-corrected chi connectivity index (χ3v) is 4.90. The molecule has 0 unspecified atom stereocenters. The summed E-state index contributed by atoms with van der Waals surface area (Å²) in [4.78, 5) is 0. The van der Waals surface area contributed by atoms with Gasteiger partial charge in [-0.1, -0.05) is 86.3 Å². The molecule has 2 aliphatic heterocycles. The van der Waals surface area contributed by atoms with E-state index >= 15 is 0 Å². The summed E-state index contributed by atoms with van der Waals surface area (Å²) in [5, 5.41) is 8.85. The maximum atomic E-state index is 4.94. The molecule has 2 aromatic rings. The maximum absolute atomic E-state index is 4.94. The van der Waals surface area contributed by atoms with Crippen LogP contribution >= 0.6 is 0 Å². The van der Waals surface area contributed by atoms with E-state index in [1.54, 1.807) is 0 Å². The molecule has 35 heavy (non-hydrogen) atoms. The van der Waals surface area contributed by atoms with Gasteiger partial charge in [-0.3, -0.25) is 0 Å². The van der Waals surface area contributed by atoms with Crippen LogP contribution in [0.15, 0.2) is 48.5 Å². The van der Waals surface area contributed by atoms with E-state index in [9.17, 15) is 0 Å². The Labute approximate surface area is 255 Å². The molecule has 2 aliphatic rings. The van der Waals surface area contributed by atoms with Crippen molar-refractivity contribution in [3.8, 4) is 0 Å². The number of benzene rings is 2. The SMILES string of the molecule is C1CCOC1.C1CCOC1.CCC[N-]c1ccccc1C.CCC[N-]c1ccccc1C.[Br-].[Br-].[Zr+4]. The van der Waals surface area contributed by atoms with Gasteiger partial charge in [0.05, 0.1) is 0 Å². The summed E-state index contributed by atoms with van der Waals surface area (Å²) in [6.07, 6.45) is 7.35. The third kappa shape index (κ3) is 21.6. The first-order valence-electron chi connectivity index (χ1n) is 12.3. The Hall–Kier alpha value is -0.197. The Balaban J connectivity index is -0.000000400. The van der Waals surface area contributed by atoms with Crippen LogP contribution in [-0.2, 0) is 35.7 Å². The number of ether oxygens (including phenoxy) is 2. The van der Waals surface area contributed by atoms with E-state index in [4.69, 9.17) is 9.47 Å². The molecule has 0 atom stereocenters. The third-order valence-electron chi connectivity index (χ3n) is 4.90. The molecule has 2 saturated heterocycles. The number of rotatable bonds is 6. The number of para-hydroxylation sites is 2. The summed E-state index contributed by atoms with van der Waals surface area (Å²) in [6.45, 7) is 14.3. The first-order chi connectivity index (χ1) is 15.7. The Bertz CT molecular complexity index is 625. The molecule has 2 heterocycles. The number of nitrogens with zero attached hydrogens (tertiary/aromatic N) is 2. The fourth-order valence-corrected chi connectivity index (χ4v) is 2.97. The van der Waals surface area contributed by atoms with Crippen LogP contribution in [0.2, 0.25) is 0 Å². The first-order valence-corrected chi connectivity index (χ1v) is 12.3. The van der Waals surface area contributed by atoms with Gasteiger partial charge in [-0.15, -0.1) is 24.5 Å². The molecule has 196 valence electrons. The maximum Gasteiger partial charge on any atom is 4.00 e. The van der Waals surface area contributed by atoms with E-state index in [0.717, 1.165) is 63.7 Å². The number of halogens is 2. The summed E-state index contributed by atoms with van der Waals surface area (Å²) in [7, 11) is 0. The van der Waals surface area contributed by atoms with Crippen molar-refractivity contribution >= 4 is 11.4 Å². The monoisotopic (exact) mass is 688 g/mol. The second kappa shape index (κ2) is 28.4. The minimum atomic E-state index is 0. The number of hydrogen-bond donors (Lipinski definition) is 0.